The van der Waals surface area contributed by atoms with Gasteiger partial charge in [-0.2, -0.15) is 0 Å². The second-order valence-corrected chi connectivity index (χ2v) is 8.10. The second kappa shape index (κ2) is 7.85. The van der Waals surface area contributed by atoms with Crippen molar-refractivity contribution in [1.82, 2.24) is 4.90 Å². The Morgan fingerprint density at radius 1 is 1.04 bits per heavy atom. The third kappa shape index (κ3) is 3.47. The fourth-order valence-corrected chi connectivity index (χ4v) is 4.57. The normalized spacial score (nSPS) is 18.7. The Hall–Kier alpha value is -2.51. The average molecular weight is 394 g/mol. The van der Waals surface area contributed by atoms with Gasteiger partial charge in [0.25, 0.3) is 5.54 Å². The standard InChI is InChI=1S/C23H24ClN3O/c1-25-23(19-8-3-2-4-9-19)12-15-26(16-13-23)22(28)27-14-6-5-7-18-17-20(24)10-11-21(18)27/h2-4,8-11,17H,5-7,12-16H2. The molecule has 0 bridgehead atoms. The number of carbonyl (C=O) groups is 1. The average Bonchev–Trinajstić information content (AvgIpc) is 2.96. The number of hydrogen-bond acceptors (Lipinski definition) is 1. The number of benzene rings is 2. The van der Waals surface area contributed by atoms with Crippen molar-refractivity contribution in [2.45, 2.75) is 37.6 Å². The summed E-state index contributed by atoms with van der Waals surface area (Å²) in [6.45, 7) is 9.74. The molecule has 2 aliphatic rings. The molecule has 0 unspecified atom stereocenters. The van der Waals surface area contributed by atoms with E-state index >= 15 is 0 Å². The maximum absolute atomic E-state index is 13.3. The lowest BCUT2D eigenvalue weighted by molar-refractivity contribution is 0.175. The highest BCUT2D eigenvalue weighted by atomic mass is 35.5. The van der Waals surface area contributed by atoms with E-state index in [0.717, 1.165) is 47.6 Å². The van der Waals surface area contributed by atoms with Gasteiger partial charge >= 0.3 is 6.03 Å². The number of likely N-dealkylation sites (tertiary alicyclic amines) is 1. The molecule has 1 saturated heterocycles. The second-order valence-electron chi connectivity index (χ2n) is 7.66. The van der Waals surface area contributed by atoms with Crippen molar-refractivity contribution in [3.8, 4) is 0 Å². The van der Waals surface area contributed by atoms with E-state index in [1.54, 1.807) is 0 Å². The summed E-state index contributed by atoms with van der Waals surface area (Å²) in [4.78, 5) is 21.2. The largest absolute Gasteiger partial charge is 0.324 e. The van der Waals surface area contributed by atoms with Crippen LogP contribution in [-0.4, -0.2) is 30.6 Å². The monoisotopic (exact) mass is 393 g/mol. The van der Waals surface area contributed by atoms with Crippen LogP contribution in [0, 0.1) is 6.57 Å². The number of rotatable bonds is 1. The molecule has 0 aliphatic carbocycles. The first kappa shape index (κ1) is 18.8. The fraction of sp³-hybridized carbons (Fsp3) is 0.391. The van der Waals surface area contributed by atoms with Crippen molar-refractivity contribution in [1.29, 1.82) is 0 Å². The Morgan fingerprint density at radius 3 is 2.50 bits per heavy atom. The minimum absolute atomic E-state index is 0.0529. The summed E-state index contributed by atoms with van der Waals surface area (Å²) in [5.74, 6) is 0. The topological polar surface area (TPSA) is 27.9 Å². The van der Waals surface area contributed by atoms with E-state index in [0.29, 0.717) is 25.9 Å². The molecule has 5 heteroatoms. The Balaban J connectivity index is 1.53. The molecule has 1 fully saturated rings. The van der Waals surface area contributed by atoms with E-state index in [1.807, 2.05) is 58.3 Å². The van der Waals surface area contributed by atoms with Gasteiger partial charge in [0.1, 0.15) is 0 Å². The zero-order chi connectivity index (χ0) is 19.6. The van der Waals surface area contributed by atoms with Crippen molar-refractivity contribution in [2.75, 3.05) is 24.5 Å². The fourth-order valence-electron chi connectivity index (χ4n) is 4.37. The molecule has 0 radical (unpaired) electrons. The number of fused-ring (bicyclic) bond motifs is 1. The molecule has 2 heterocycles. The van der Waals surface area contributed by atoms with Crippen molar-refractivity contribution >= 4 is 23.3 Å². The number of hydrogen-bond donors (Lipinski definition) is 0. The third-order valence-electron chi connectivity index (χ3n) is 6.03. The number of aryl methyl sites for hydroxylation is 1. The van der Waals surface area contributed by atoms with Gasteiger partial charge < -0.3 is 9.74 Å². The number of piperidine rings is 1. The number of amides is 2. The summed E-state index contributed by atoms with van der Waals surface area (Å²) in [6, 6.07) is 15.9. The number of anilines is 1. The molecule has 2 aliphatic heterocycles. The Kier molecular flexibility index (Phi) is 5.28. The summed E-state index contributed by atoms with van der Waals surface area (Å²) in [6.07, 6.45) is 4.35. The minimum atomic E-state index is -0.512. The zero-order valence-corrected chi connectivity index (χ0v) is 16.7. The molecule has 144 valence electrons. The van der Waals surface area contributed by atoms with Gasteiger partial charge in [-0.25, -0.2) is 11.4 Å². The molecule has 2 aromatic carbocycles. The predicted molar refractivity (Wildman–Crippen MR) is 113 cm³/mol. The summed E-state index contributed by atoms with van der Waals surface area (Å²) in [5.41, 5.74) is 2.68. The Morgan fingerprint density at radius 2 is 1.79 bits per heavy atom. The van der Waals surface area contributed by atoms with E-state index in [9.17, 15) is 4.79 Å². The van der Waals surface area contributed by atoms with Gasteiger partial charge in [-0.05, 0) is 43.0 Å². The summed E-state index contributed by atoms with van der Waals surface area (Å²) >= 11 is 6.17. The molecular weight excluding hydrogens is 370 g/mol. The molecule has 4 rings (SSSR count). The molecule has 0 N–H and O–H groups in total. The maximum Gasteiger partial charge on any atom is 0.324 e. The van der Waals surface area contributed by atoms with E-state index in [-0.39, 0.29) is 6.03 Å². The van der Waals surface area contributed by atoms with Crippen molar-refractivity contribution in [3.63, 3.8) is 0 Å². The van der Waals surface area contributed by atoms with Gasteiger partial charge in [-0.3, -0.25) is 4.90 Å². The molecular formula is C23H24ClN3O. The molecule has 4 nitrogen and oxygen atoms in total. The first-order valence-corrected chi connectivity index (χ1v) is 10.3. The lowest BCUT2D eigenvalue weighted by atomic mass is 9.82. The molecule has 2 amide bonds. The Labute approximate surface area is 171 Å². The molecule has 2 aromatic rings. The SMILES string of the molecule is [C-]#[N+]C1(c2ccccc2)CCN(C(=O)N2CCCCc3cc(Cl)ccc32)CC1. The van der Waals surface area contributed by atoms with Crippen LogP contribution in [-0.2, 0) is 12.0 Å². The minimum Gasteiger partial charge on any atom is -0.324 e. The number of halogens is 1. The highest BCUT2D eigenvalue weighted by Gasteiger charge is 2.44. The van der Waals surface area contributed by atoms with Crippen molar-refractivity contribution in [3.05, 3.63) is 76.1 Å². The first-order chi connectivity index (χ1) is 13.6. The summed E-state index contributed by atoms with van der Waals surface area (Å²) < 4.78 is 0. The highest BCUT2D eigenvalue weighted by molar-refractivity contribution is 6.30. The van der Waals surface area contributed by atoms with Gasteiger partial charge in [-0.1, -0.05) is 41.9 Å². The van der Waals surface area contributed by atoms with Gasteiger partial charge in [0, 0.05) is 48.7 Å². The predicted octanol–water partition coefficient (Wildman–Crippen LogP) is 5.51. The van der Waals surface area contributed by atoms with Crippen LogP contribution in [0.2, 0.25) is 5.02 Å². The molecule has 0 spiro atoms. The van der Waals surface area contributed by atoms with Crippen LogP contribution in [0.15, 0.2) is 48.5 Å². The molecule has 0 saturated carbocycles. The Bertz CT molecular complexity index is 898. The van der Waals surface area contributed by atoms with E-state index in [1.165, 1.54) is 0 Å². The number of urea groups is 1. The van der Waals surface area contributed by atoms with Crippen LogP contribution >= 0.6 is 11.6 Å². The van der Waals surface area contributed by atoms with Gasteiger partial charge in [0.15, 0.2) is 0 Å². The number of carbonyl (C=O) groups excluding carboxylic acids is 1. The van der Waals surface area contributed by atoms with Crippen LogP contribution < -0.4 is 4.90 Å². The van der Waals surface area contributed by atoms with Crippen molar-refractivity contribution < 1.29 is 4.79 Å². The first-order valence-electron chi connectivity index (χ1n) is 9.92. The molecule has 28 heavy (non-hydrogen) atoms. The van der Waals surface area contributed by atoms with E-state index in [4.69, 9.17) is 18.2 Å². The van der Waals surface area contributed by atoms with Gasteiger partial charge in [0.05, 0.1) is 0 Å². The van der Waals surface area contributed by atoms with E-state index < -0.39 is 5.54 Å². The summed E-state index contributed by atoms with van der Waals surface area (Å²) in [5, 5.41) is 0.718. The van der Waals surface area contributed by atoms with E-state index in [2.05, 4.69) is 4.85 Å². The van der Waals surface area contributed by atoms with Crippen LogP contribution in [0.3, 0.4) is 0 Å². The van der Waals surface area contributed by atoms with Crippen LogP contribution in [0.4, 0.5) is 10.5 Å². The summed E-state index contributed by atoms with van der Waals surface area (Å²) in [7, 11) is 0. The zero-order valence-electron chi connectivity index (χ0n) is 15.9. The lowest BCUT2D eigenvalue weighted by Gasteiger charge is -2.37. The van der Waals surface area contributed by atoms with Crippen LogP contribution in [0.25, 0.3) is 4.85 Å². The highest BCUT2D eigenvalue weighted by Crippen LogP contribution is 2.38. The van der Waals surface area contributed by atoms with Crippen molar-refractivity contribution in [2.24, 2.45) is 0 Å². The van der Waals surface area contributed by atoms with Gasteiger partial charge in [-0.15, -0.1) is 0 Å². The lowest BCUT2D eigenvalue weighted by Crippen LogP contribution is -2.49. The van der Waals surface area contributed by atoms with Crippen LogP contribution in [0.1, 0.15) is 36.8 Å². The molecule has 0 atom stereocenters. The quantitative estimate of drug-likeness (QED) is 0.587. The smallest absolute Gasteiger partial charge is 0.324 e. The number of nitrogens with zero attached hydrogens (tertiary/aromatic N) is 3. The third-order valence-corrected chi connectivity index (χ3v) is 6.26. The van der Waals surface area contributed by atoms with Crippen LogP contribution in [0.5, 0.6) is 0 Å². The maximum atomic E-state index is 13.3. The van der Waals surface area contributed by atoms with Gasteiger partial charge in [0.2, 0.25) is 0 Å². The molecule has 0 aromatic heterocycles.